The maximum absolute atomic E-state index is 12.8. The second kappa shape index (κ2) is 6.44. The first kappa shape index (κ1) is 17.4. The summed E-state index contributed by atoms with van der Waals surface area (Å²) in [4.78, 5) is 31.4. The smallest absolute Gasteiger partial charge is 0.333 e. The first-order valence-electron chi connectivity index (χ1n) is 7.64. The molecule has 1 aliphatic rings. The number of allylic oxidation sites excluding steroid dienone is 2. The molecule has 6 N–H and O–H groups in total. The molecule has 0 aromatic carbocycles. The lowest BCUT2D eigenvalue weighted by Gasteiger charge is -2.15. The van der Waals surface area contributed by atoms with Crippen LogP contribution in [-0.2, 0) is 11.3 Å². The number of nitrogens with zero attached hydrogens (tertiary/aromatic N) is 3. The number of aliphatic hydroxyl groups excluding tert-OH is 3. The van der Waals surface area contributed by atoms with Gasteiger partial charge in [-0.2, -0.15) is 4.98 Å². The molecule has 1 fully saturated rings. The highest BCUT2D eigenvalue weighted by Gasteiger charge is 2.45. The summed E-state index contributed by atoms with van der Waals surface area (Å²) in [5, 5.41) is 29.4. The Labute approximate surface area is 140 Å². The number of anilines is 1. The normalized spacial score (nSPS) is 26.9. The van der Waals surface area contributed by atoms with Crippen molar-refractivity contribution in [3.63, 3.8) is 0 Å². The molecule has 0 saturated carbocycles. The summed E-state index contributed by atoms with van der Waals surface area (Å²) in [5.41, 5.74) is 4.18. The van der Waals surface area contributed by atoms with E-state index in [0.717, 1.165) is 9.13 Å². The van der Waals surface area contributed by atoms with Crippen LogP contribution >= 0.6 is 0 Å². The van der Waals surface area contributed by atoms with Crippen LogP contribution in [0.1, 0.15) is 13.2 Å². The van der Waals surface area contributed by atoms with Gasteiger partial charge in [-0.3, -0.25) is 14.3 Å². The summed E-state index contributed by atoms with van der Waals surface area (Å²) in [6.45, 7) is 1.32. The fourth-order valence-electron chi connectivity index (χ4n) is 2.90. The molecule has 3 heterocycles. The van der Waals surface area contributed by atoms with Gasteiger partial charge >= 0.3 is 5.69 Å². The molecule has 25 heavy (non-hydrogen) atoms. The summed E-state index contributed by atoms with van der Waals surface area (Å²) in [5.74, 6) is -0.207. The number of fused-ring (bicyclic) bond motifs is 1. The highest BCUT2D eigenvalue weighted by Crippen LogP contribution is 2.30. The number of nitrogens with two attached hydrogens (primary N) is 1. The minimum Gasteiger partial charge on any atom is -0.394 e. The lowest BCUT2D eigenvalue weighted by Crippen LogP contribution is -2.36. The molecule has 0 bridgehead atoms. The molecule has 0 radical (unpaired) electrons. The number of aliphatic hydroxyl groups is 3. The molecule has 4 atom stereocenters. The van der Waals surface area contributed by atoms with Crippen molar-refractivity contribution >= 4 is 17.1 Å². The van der Waals surface area contributed by atoms with E-state index in [1.165, 1.54) is 0 Å². The fourth-order valence-corrected chi connectivity index (χ4v) is 2.90. The second-order valence-corrected chi connectivity index (χ2v) is 5.68. The SMILES string of the molecule is C/C=C/Cn1c(=O)n([C@@H]2O[C@H](CO)[C@@H](O)[C@H]2O)c2nc(N)[nH]c(=O)c21. The maximum Gasteiger partial charge on any atom is 0.333 e. The average molecular weight is 353 g/mol. The molecule has 136 valence electrons. The van der Waals surface area contributed by atoms with Gasteiger partial charge in [0.15, 0.2) is 17.4 Å². The highest BCUT2D eigenvalue weighted by molar-refractivity contribution is 5.71. The number of H-pyrrole nitrogens is 1. The third kappa shape index (κ3) is 2.66. The van der Waals surface area contributed by atoms with Gasteiger partial charge in [0, 0.05) is 6.54 Å². The molecule has 0 aliphatic carbocycles. The minimum atomic E-state index is -1.49. The third-order valence-corrected chi connectivity index (χ3v) is 4.13. The van der Waals surface area contributed by atoms with Crippen molar-refractivity contribution in [2.75, 3.05) is 12.3 Å². The van der Waals surface area contributed by atoms with Gasteiger partial charge in [-0.15, -0.1) is 0 Å². The third-order valence-electron chi connectivity index (χ3n) is 4.13. The van der Waals surface area contributed by atoms with Crippen molar-refractivity contribution in [2.24, 2.45) is 0 Å². The molecule has 0 spiro atoms. The van der Waals surface area contributed by atoms with E-state index >= 15 is 0 Å². The number of hydrogen-bond donors (Lipinski definition) is 5. The van der Waals surface area contributed by atoms with Crippen LogP contribution in [-0.4, -0.2) is 59.3 Å². The number of ether oxygens (including phenoxy) is 1. The van der Waals surface area contributed by atoms with Gasteiger partial charge in [-0.05, 0) is 6.92 Å². The molecular formula is C14H19N5O6. The quantitative estimate of drug-likeness (QED) is 0.381. The topological polar surface area (TPSA) is 169 Å². The fraction of sp³-hybridized carbons (Fsp3) is 0.500. The maximum atomic E-state index is 12.8. The molecule has 11 nitrogen and oxygen atoms in total. The van der Waals surface area contributed by atoms with Crippen molar-refractivity contribution in [3.05, 3.63) is 33.0 Å². The van der Waals surface area contributed by atoms with E-state index in [4.69, 9.17) is 10.5 Å². The zero-order chi connectivity index (χ0) is 18.3. The van der Waals surface area contributed by atoms with Crippen molar-refractivity contribution < 1.29 is 20.1 Å². The number of aromatic amines is 1. The van der Waals surface area contributed by atoms with Gasteiger partial charge in [0.2, 0.25) is 5.95 Å². The summed E-state index contributed by atoms with van der Waals surface area (Å²) < 4.78 is 7.52. The second-order valence-electron chi connectivity index (χ2n) is 5.68. The Bertz CT molecular complexity index is 928. The largest absolute Gasteiger partial charge is 0.394 e. The van der Waals surface area contributed by atoms with E-state index in [1.807, 2.05) is 0 Å². The molecule has 1 aliphatic heterocycles. The van der Waals surface area contributed by atoms with E-state index < -0.39 is 42.4 Å². The summed E-state index contributed by atoms with van der Waals surface area (Å²) in [6.07, 6.45) is -1.89. The van der Waals surface area contributed by atoms with Gasteiger partial charge < -0.3 is 25.8 Å². The number of aromatic nitrogens is 4. The predicted molar refractivity (Wildman–Crippen MR) is 86.8 cm³/mol. The van der Waals surface area contributed by atoms with Crippen LogP contribution in [0.2, 0.25) is 0 Å². The van der Waals surface area contributed by atoms with Crippen molar-refractivity contribution in [1.29, 1.82) is 0 Å². The number of rotatable bonds is 4. The highest BCUT2D eigenvalue weighted by atomic mass is 16.6. The molecule has 11 heteroatoms. The van der Waals surface area contributed by atoms with E-state index in [9.17, 15) is 24.9 Å². The molecular weight excluding hydrogens is 334 g/mol. The van der Waals surface area contributed by atoms with Crippen LogP contribution < -0.4 is 17.0 Å². The van der Waals surface area contributed by atoms with E-state index in [0.29, 0.717) is 0 Å². The van der Waals surface area contributed by atoms with E-state index in [-0.39, 0.29) is 23.7 Å². The number of nitrogens with one attached hydrogen (secondary N) is 1. The zero-order valence-corrected chi connectivity index (χ0v) is 13.4. The van der Waals surface area contributed by atoms with E-state index in [1.54, 1.807) is 19.1 Å². The van der Waals surface area contributed by atoms with Gasteiger partial charge in [-0.25, -0.2) is 9.36 Å². The molecule has 1 saturated heterocycles. The van der Waals surface area contributed by atoms with Crippen molar-refractivity contribution in [2.45, 2.75) is 38.0 Å². The Hall–Kier alpha value is -2.47. The number of imidazole rings is 1. The summed E-state index contributed by atoms with van der Waals surface area (Å²) >= 11 is 0. The average Bonchev–Trinajstić information content (AvgIpc) is 3.00. The first-order chi connectivity index (χ1) is 11.9. The van der Waals surface area contributed by atoms with Gasteiger partial charge in [0.05, 0.1) is 6.61 Å². The van der Waals surface area contributed by atoms with Gasteiger partial charge in [-0.1, -0.05) is 12.2 Å². The monoisotopic (exact) mass is 353 g/mol. The standard InChI is InChI=1S/C14H19N5O6/c1-2-3-4-18-7-10(16-13(15)17-11(7)23)19(14(18)24)12-9(22)8(21)6(5-20)25-12/h2-3,6,8-9,12,20-22H,4-5H2,1H3,(H3,15,16,17,23)/b3-2+/t6-,8-,9-,12-/m1/s1. The van der Waals surface area contributed by atoms with Crippen LogP contribution in [0.25, 0.3) is 11.2 Å². The van der Waals surface area contributed by atoms with Crippen LogP contribution in [0, 0.1) is 0 Å². The molecule has 2 aromatic rings. The molecule has 0 amide bonds. The van der Waals surface area contributed by atoms with Crippen LogP contribution in [0.4, 0.5) is 5.95 Å². The van der Waals surface area contributed by atoms with Crippen molar-refractivity contribution in [3.8, 4) is 0 Å². The van der Waals surface area contributed by atoms with Crippen LogP contribution in [0.5, 0.6) is 0 Å². The lowest BCUT2D eigenvalue weighted by molar-refractivity contribution is -0.0527. The Morgan fingerprint density at radius 1 is 1.36 bits per heavy atom. The first-order valence-corrected chi connectivity index (χ1v) is 7.64. The molecule has 2 aromatic heterocycles. The van der Waals surface area contributed by atoms with Crippen molar-refractivity contribution in [1.82, 2.24) is 19.1 Å². The number of hydrogen-bond acceptors (Lipinski definition) is 8. The van der Waals surface area contributed by atoms with E-state index in [2.05, 4.69) is 9.97 Å². The van der Waals surface area contributed by atoms with Gasteiger partial charge in [0.1, 0.15) is 18.3 Å². The minimum absolute atomic E-state index is 0.0324. The Balaban J connectivity index is 2.27. The molecule has 3 rings (SSSR count). The predicted octanol–water partition coefficient (Wildman–Crippen LogP) is -2.34. The lowest BCUT2D eigenvalue weighted by atomic mass is 10.1. The summed E-state index contributed by atoms with van der Waals surface area (Å²) in [6, 6.07) is 0. The number of nitrogen functional groups attached to an aromatic ring is 1. The Morgan fingerprint density at radius 3 is 2.68 bits per heavy atom. The Morgan fingerprint density at radius 2 is 2.08 bits per heavy atom. The van der Waals surface area contributed by atoms with Gasteiger partial charge in [0.25, 0.3) is 5.56 Å². The van der Waals surface area contributed by atoms with Crippen LogP contribution in [0.15, 0.2) is 21.7 Å². The Kier molecular flexibility index (Phi) is 4.47. The van der Waals surface area contributed by atoms with Crippen LogP contribution in [0.3, 0.4) is 0 Å². The zero-order valence-electron chi connectivity index (χ0n) is 13.4. The summed E-state index contributed by atoms with van der Waals surface area (Å²) in [7, 11) is 0. The molecule has 0 unspecified atom stereocenters.